The Kier molecular flexibility index (Phi) is 4.57. The smallest absolute Gasteiger partial charge is 0.292 e. The zero-order chi connectivity index (χ0) is 13.7. The summed E-state index contributed by atoms with van der Waals surface area (Å²) in [5, 5.41) is 17.4. The lowest BCUT2D eigenvalue weighted by Crippen LogP contribution is -2.20. The summed E-state index contributed by atoms with van der Waals surface area (Å²) >= 11 is 0. The number of ether oxygens (including phenoxy) is 1. The first-order valence-corrected chi connectivity index (χ1v) is 6.50. The van der Waals surface area contributed by atoms with Gasteiger partial charge in [0.15, 0.2) is 0 Å². The molecule has 1 aliphatic carbocycles. The van der Waals surface area contributed by atoms with E-state index < -0.39 is 0 Å². The molecule has 0 saturated heterocycles. The molecule has 0 heterocycles. The number of nitrogens with one attached hydrogen (secondary N) is 2. The minimum Gasteiger partial charge on any atom is -0.497 e. The number of nitro groups is 1. The second-order valence-electron chi connectivity index (χ2n) is 4.65. The van der Waals surface area contributed by atoms with Crippen molar-refractivity contribution < 1.29 is 9.66 Å². The Hall–Kier alpha value is -1.82. The van der Waals surface area contributed by atoms with Crippen LogP contribution in [0.2, 0.25) is 0 Å². The fraction of sp³-hybridized carbons (Fsp3) is 0.538. The fourth-order valence-electron chi connectivity index (χ4n) is 1.85. The van der Waals surface area contributed by atoms with Gasteiger partial charge >= 0.3 is 0 Å². The summed E-state index contributed by atoms with van der Waals surface area (Å²) in [6.07, 6.45) is 3.48. The first kappa shape index (κ1) is 13.6. The molecule has 1 fully saturated rings. The van der Waals surface area contributed by atoms with Crippen molar-refractivity contribution in [1.29, 1.82) is 0 Å². The first-order valence-electron chi connectivity index (χ1n) is 6.50. The third kappa shape index (κ3) is 4.10. The molecule has 0 aliphatic heterocycles. The highest BCUT2D eigenvalue weighted by molar-refractivity contribution is 5.64. The van der Waals surface area contributed by atoms with Crippen LogP contribution < -0.4 is 15.4 Å². The monoisotopic (exact) mass is 265 g/mol. The van der Waals surface area contributed by atoms with Gasteiger partial charge < -0.3 is 15.4 Å². The molecular formula is C13H19N3O3. The van der Waals surface area contributed by atoms with Crippen LogP contribution in [0.15, 0.2) is 18.2 Å². The van der Waals surface area contributed by atoms with Crippen molar-refractivity contribution >= 4 is 11.4 Å². The van der Waals surface area contributed by atoms with E-state index in [0.717, 1.165) is 13.0 Å². The normalized spacial score (nSPS) is 14.2. The van der Waals surface area contributed by atoms with E-state index in [1.165, 1.54) is 18.9 Å². The molecule has 6 heteroatoms. The number of anilines is 1. The summed E-state index contributed by atoms with van der Waals surface area (Å²) in [7, 11) is 1.55. The van der Waals surface area contributed by atoms with Gasteiger partial charge in [0, 0.05) is 24.7 Å². The van der Waals surface area contributed by atoms with Gasteiger partial charge in [-0.15, -0.1) is 0 Å². The summed E-state index contributed by atoms with van der Waals surface area (Å²) in [4.78, 5) is 10.5. The third-order valence-corrected chi connectivity index (χ3v) is 3.08. The fourth-order valence-corrected chi connectivity index (χ4v) is 1.85. The minimum atomic E-state index is -0.385. The Balaban J connectivity index is 1.86. The van der Waals surface area contributed by atoms with Crippen LogP contribution in [0.4, 0.5) is 11.4 Å². The number of nitrogens with zero attached hydrogens (tertiary/aromatic N) is 1. The summed E-state index contributed by atoms with van der Waals surface area (Å²) in [6.45, 7) is 1.64. The van der Waals surface area contributed by atoms with Gasteiger partial charge in [0.05, 0.1) is 12.0 Å². The predicted octanol–water partition coefficient (Wildman–Crippen LogP) is 2.16. The molecule has 0 unspecified atom stereocenters. The number of rotatable bonds is 8. The zero-order valence-corrected chi connectivity index (χ0v) is 11.0. The number of hydrogen-bond acceptors (Lipinski definition) is 5. The molecule has 19 heavy (non-hydrogen) atoms. The molecular weight excluding hydrogens is 246 g/mol. The van der Waals surface area contributed by atoms with Gasteiger partial charge in [0.25, 0.3) is 5.69 Å². The second-order valence-corrected chi connectivity index (χ2v) is 4.65. The molecule has 1 aromatic carbocycles. The molecule has 0 amide bonds. The second kappa shape index (κ2) is 6.38. The van der Waals surface area contributed by atoms with Crippen LogP contribution in [0, 0.1) is 10.1 Å². The molecule has 2 N–H and O–H groups in total. The number of hydrogen-bond donors (Lipinski definition) is 2. The first-order chi connectivity index (χ1) is 9.20. The maximum atomic E-state index is 10.9. The van der Waals surface area contributed by atoms with Crippen molar-refractivity contribution in [2.24, 2.45) is 0 Å². The molecule has 104 valence electrons. The lowest BCUT2D eigenvalue weighted by Gasteiger charge is -2.09. The predicted molar refractivity (Wildman–Crippen MR) is 73.8 cm³/mol. The van der Waals surface area contributed by atoms with E-state index >= 15 is 0 Å². The number of benzene rings is 1. The van der Waals surface area contributed by atoms with Gasteiger partial charge in [-0.05, 0) is 31.9 Å². The lowest BCUT2D eigenvalue weighted by atomic mass is 10.2. The Labute approximate surface area is 112 Å². The molecule has 1 saturated carbocycles. The SMILES string of the molecule is COc1ccc([N+](=O)[O-])c(NCCCNC2CC2)c1. The van der Waals surface area contributed by atoms with Crippen molar-refractivity contribution in [3.8, 4) is 5.75 Å². The Bertz CT molecular complexity index is 447. The maximum Gasteiger partial charge on any atom is 0.292 e. The molecule has 0 radical (unpaired) electrons. The molecule has 1 aliphatic rings. The van der Waals surface area contributed by atoms with Gasteiger partial charge in [0.1, 0.15) is 11.4 Å². The molecule has 0 bridgehead atoms. The Morgan fingerprint density at radius 1 is 1.42 bits per heavy atom. The molecule has 1 aromatic rings. The van der Waals surface area contributed by atoms with E-state index in [1.54, 1.807) is 19.2 Å². The van der Waals surface area contributed by atoms with Crippen molar-refractivity contribution in [3.63, 3.8) is 0 Å². The van der Waals surface area contributed by atoms with Crippen molar-refractivity contribution in [2.75, 3.05) is 25.5 Å². The van der Waals surface area contributed by atoms with Crippen LogP contribution in [0.5, 0.6) is 5.75 Å². The van der Waals surface area contributed by atoms with E-state index in [9.17, 15) is 10.1 Å². The highest BCUT2D eigenvalue weighted by atomic mass is 16.6. The largest absolute Gasteiger partial charge is 0.497 e. The molecule has 6 nitrogen and oxygen atoms in total. The van der Waals surface area contributed by atoms with Gasteiger partial charge in [-0.3, -0.25) is 10.1 Å². The van der Waals surface area contributed by atoms with E-state index in [0.29, 0.717) is 24.0 Å². The standard InChI is InChI=1S/C13H19N3O3/c1-19-11-5-6-13(16(17)18)12(9-11)15-8-2-7-14-10-3-4-10/h5-6,9-10,14-15H,2-4,7-8H2,1H3. The van der Waals surface area contributed by atoms with E-state index in [4.69, 9.17) is 4.74 Å². The molecule has 0 atom stereocenters. The average molecular weight is 265 g/mol. The summed E-state index contributed by atoms with van der Waals surface area (Å²) in [5.41, 5.74) is 0.590. The maximum absolute atomic E-state index is 10.9. The van der Waals surface area contributed by atoms with Crippen LogP contribution in [0.1, 0.15) is 19.3 Å². The van der Waals surface area contributed by atoms with E-state index in [1.807, 2.05) is 0 Å². The van der Waals surface area contributed by atoms with Crippen LogP contribution in [0.25, 0.3) is 0 Å². The average Bonchev–Trinajstić information content (AvgIpc) is 3.22. The highest BCUT2D eigenvalue weighted by Crippen LogP contribution is 2.28. The Morgan fingerprint density at radius 2 is 2.21 bits per heavy atom. The summed E-state index contributed by atoms with van der Waals surface area (Å²) < 4.78 is 5.08. The third-order valence-electron chi connectivity index (χ3n) is 3.08. The van der Waals surface area contributed by atoms with E-state index in [2.05, 4.69) is 10.6 Å². The Morgan fingerprint density at radius 3 is 2.84 bits per heavy atom. The molecule has 2 rings (SSSR count). The van der Waals surface area contributed by atoms with Gasteiger partial charge in [-0.1, -0.05) is 0 Å². The number of methoxy groups -OCH3 is 1. The van der Waals surface area contributed by atoms with Gasteiger partial charge in [0.2, 0.25) is 0 Å². The number of nitro benzene ring substituents is 1. The van der Waals surface area contributed by atoms with Crippen LogP contribution in [-0.4, -0.2) is 31.2 Å². The minimum absolute atomic E-state index is 0.0796. The van der Waals surface area contributed by atoms with Crippen LogP contribution in [-0.2, 0) is 0 Å². The van der Waals surface area contributed by atoms with Crippen LogP contribution in [0.3, 0.4) is 0 Å². The quantitative estimate of drug-likeness (QED) is 0.428. The van der Waals surface area contributed by atoms with E-state index in [-0.39, 0.29) is 10.6 Å². The highest BCUT2D eigenvalue weighted by Gasteiger charge is 2.19. The topological polar surface area (TPSA) is 76.4 Å². The van der Waals surface area contributed by atoms with Crippen LogP contribution >= 0.6 is 0 Å². The summed E-state index contributed by atoms with van der Waals surface area (Å²) in [5.74, 6) is 0.615. The van der Waals surface area contributed by atoms with Crippen molar-refractivity contribution in [1.82, 2.24) is 5.32 Å². The van der Waals surface area contributed by atoms with Crippen molar-refractivity contribution in [3.05, 3.63) is 28.3 Å². The van der Waals surface area contributed by atoms with Gasteiger partial charge in [-0.2, -0.15) is 0 Å². The lowest BCUT2D eigenvalue weighted by molar-refractivity contribution is -0.384. The molecule has 0 spiro atoms. The van der Waals surface area contributed by atoms with Gasteiger partial charge in [-0.25, -0.2) is 0 Å². The zero-order valence-electron chi connectivity index (χ0n) is 11.0. The molecule has 0 aromatic heterocycles. The summed E-state index contributed by atoms with van der Waals surface area (Å²) in [6, 6.07) is 5.42. The van der Waals surface area contributed by atoms with Crippen molar-refractivity contribution in [2.45, 2.75) is 25.3 Å².